The number of aliphatic hydroxyl groups excluding tert-OH is 1. The molecule has 0 aliphatic heterocycles. The summed E-state index contributed by atoms with van der Waals surface area (Å²) in [5.41, 5.74) is 4.78. The number of rotatable bonds is 3. The van der Waals surface area contributed by atoms with E-state index in [1.54, 1.807) is 0 Å². The standard InChI is InChI=1S/C21H20N2O/c1-3-18(24)20-19(22-21-14(2)7-6-12-23(20)21)17-11-10-15-8-4-5-9-16(15)13-17/h4-13,18,24H,3H2,1-2H3. The van der Waals surface area contributed by atoms with Crippen LogP contribution in [0.2, 0.25) is 0 Å². The van der Waals surface area contributed by atoms with Gasteiger partial charge >= 0.3 is 0 Å². The highest BCUT2D eigenvalue weighted by Gasteiger charge is 2.20. The van der Waals surface area contributed by atoms with Gasteiger partial charge in [0, 0.05) is 11.8 Å². The van der Waals surface area contributed by atoms with Crippen LogP contribution in [-0.4, -0.2) is 14.5 Å². The maximum absolute atomic E-state index is 10.6. The molecule has 1 atom stereocenters. The zero-order chi connectivity index (χ0) is 16.7. The van der Waals surface area contributed by atoms with Gasteiger partial charge in [-0.1, -0.05) is 49.4 Å². The Balaban J connectivity index is 2.02. The van der Waals surface area contributed by atoms with E-state index in [-0.39, 0.29) is 0 Å². The number of nitrogens with zero attached hydrogens (tertiary/aromatic N) is 2. The molecule has 2 aromatic heterocycles. The summed E-state index contributed by atoms with van der Waals surface area (Å²) in [6.07, 6.45) is 2.10. The van der Waals surface area contributed by atoms with E-state index < -0.39 is 6.10 Å². The van der Waals surface area contributed by atoms with Crippen LogP contribution in [0.15, 0.2) is 60.8 Å². The van der Waals surface area contributed by atoms with E-state index in [4.69, 9.17) is 4.98 Å². The SMILES string of the molecule is CCC(O)c1c(-c2ccc3ccccc3c2)nc2c(C)cccn12. The van der Waals surface area contributed by atoms with Gasteiger partial charge in [-0.05, 0) is 41.8 Å². The maximum atomic E-state index is 10.6. The summed E-state index contributed by atoms with van der Waals surface area (Å²) in [5, 5.41) is 13.0. The van der Waals surface area contributed by atoms with Crippen molar-refractivity contribution in [2.45, 2.75) is 26.4 Å². The number of imidazole rings is 1. The second kappa shape index (κ2) is 5.77. The van der Waals surface area contributed by atoms with E-state index in [0.717, 1.165) is 28.2 Å². The van der Waals surface area contributed by atoms with Crippen molar-refractivity contribution in [1.82, 2.24) is 9.38 Å². The van der Waals surface area contributed by atoms with E-state index in [0.29, 0.717) is 6.42 Å². The summed E-state index contributed by atoms with van der Waals surface area (Å²) in [6.45, 7) is 4.04. The molecule has 1 N–H and O–H groups in total. The minimum absolute atomic E-state index is 0.539. The Kier molecular flexibility index (Phi) is 3.58. The van der Waals surface area contributed by atoms with Gasteiger partial charge in [0.2, 0.25) is 0 Å². The van der Waals surface area contributed by atoms with Crippen LogP contribution in [0.3, 0.4) is 0 Å². The molecule has 4 aromatic rings. The minimum atomic E-state index is -0.539. The molecule has 0 radical (unpaired) electrons. The van der Waals surface area contributed by atoms with Gasteiger partial charge in [-0.2, -0.15) is 0 Å². The number of aromatic nitrogens is 2. The zero-order valence-corrected chi connectivity index (χ0v) is 13.9. The van der Waals surface area contributed by atoms with E-state index in [9.17, 15) is 5.11 Å². The first-order valence-electron chi connectivity index (χ1n) is 8.34. The van der Waals surface area contributed by atoms with Crippen molar-refractivity contribution in [2.24, 2.45) is 0 Å². The van der Waals surface area contributed by atoms with Gasteiger partial charge in [0.1, 0.15) is 5.65 Å². The van der Waals surface area contributed by atoms with E-state index in [1.165, 1.54) is 10.8 Å². The molecule has 0 aliphatic rings. The molecule has 0 bridgehead atoms. The fourth-order valence-electron chi connectivity index (χ4n) is 3.28. The fraction of sp³-hybridized carbons (Fsp3) is 0.190. The summed E-state index contributed by atoms with van der Waals surface area (Å²) in [4.78, 5) is 4.86. The summed E-state index contributed by atoms with van der Waals surface area (Å²) in [7, 11) is 0. The maximum Gasteiger partial charge on any atom is 0.140 e. The summed E-state index contributed by atoms with van der Waals surface area (Å²) in [5.74, 6) is 0. The predicted molar refractivity (Wildman–Crippen MR) is 98.1 cm³/mol. The van der Waals surface area contributed by atoms with Crippen molar-refractivity contribution in [3.8, 4) is 11.3 Å². The van der Waals surface area contributed by atoms with Crippen LogP contribution in [0.4, 0.5) is 0 Å². The highest BCUT2D eigenvalue weighted by atomic mass is 16.3. The fourth-order valence-corrected chi connectivity index (χ4v) is 3.28. The summed E-state index contributed by atoms with van der Waals surface area (Å²) < 4.78 is 2.02. The van der Waals surface area contributed by atoms with Crippen LogP contribution in [0.25, 0.3) is 27.7 Å². The molecule has 0 fully saturated rings. The topological polar surface area (TPSA) is 37.5 Å². The third-order valence-corrected chi connectivity index (χ3v) is 4.61. The quantitative estimate of drug-likeness (QED) is 0.583. The molecule has 3 nitrogen and oxygen atoms in total. The van der Waals surface area contributed by atoms with Gasteiger partial charge in [-0.3, -0.25) is 0 Å². The van der Waals surface area contributed by atoms with E-state index in [1.807, 2.05) is 35.7 Å². The number of hydrogen-bond acceptors (Lipinski definition) is 2. The van der Waals surface area contributed by atoms with Crippen molar-refractivity contribution >= 4 is 16.4 Å². The first-order valence-corrected chi connectivity index (χ1v) is 8.34. The molecule has 3 heteroatoms. The molecule has 4 rings (SSSR count). The highest BCUT2D eigenvalue weighted by Crippen LogP contribution is 2.32. The Bertz CT molecular complexity index is 1030. The second-order valence-corrected chi connectivity index (χ2v) is 6.22. The Morgan fingerprint density at radius 3 is 2.62 bits per heavy atom. The van der Waals surface area contributed by atoms with Crippen LogP contribution < -0.4 is 0 Å². The molecule has 0 saturated heterocycles. The lowest BCUT2D eigenvalue weighted by Gasteiger charge is -2.11. The molecular formula is C21H20N2O. The van der Waals surface area contributed by atoms with Crippen LogP contribution in [0.5, 0.6) is 0 Å². The molecule has 120 valence electrons. The molecule has 1 unspecified atom stereocenters. The molecule has 0 spiro atoms. The van der Waals surface area contributed by atoms with Crippen LogP contribution in [-0.2, 0) is 0 Å². The Morgan fingerprint density at radius 2 is 1.83 bits per heavy atom. The van der Waals surface area contributed by atoms with Gasteiger partial charge in [0.05, 0.1) is 17.5 Å². The van der Waals surface area contributed by atoms with Gasteiger partial charge in [-0.25, -0.2) is 4.98 Å². The third-order valence-electron chi connectivity index (χ3n) is 4.61. The lowest BCUT2D eigenvalue weighted by molar-refractivity contribution is 0.168. The average molecular weight is 316 g/mol. The van der Waals surface area contributed by atoms with Gasteiger partial charge in [0.15, 0.2) is 0 Å². The Labute approximate surface area is 141 Å². The number of benzene rings is 2. The van der Waals surface area contributed by atoms with Crippen molar-refractivity contribution in [2.75, 3.05) is 0 Å². The normalized spacial score (nSPS) is 12.8. The predicted octanol–water partition coefficient (Wildman–Crippen LogP) is 4.91. The minimum Gasteiger partial charge on any atom is -0.387 e. The molecule has 0 saturated carbocycles. The molecule has 0 aliphatic carbocycles. The average Bonchev–Trinajstić information content (AvgIpc) is 3.01. The number of pyridine rings is 1. The monoisotopic (exact) mass is 316 g/mol. The number of hydrogen-bond donors (Lipinski definition) is 1. The van der Waals surface area contributed by atoms with Crippen molar-refractivity contribution in [3.63, 3.8) is 0 Å². The molecule has 2 aromatic carbocycles. The zero-order valence-electron chi connectivity index (χ0n) is 13.9. The number of fused-ring (bicyclic) bond motifs is 2. The molecule has 24 heavy (non-hydrogen) atoms. The van der Waals surface area contributed by atoms with Crippen LogP contribution in [0, 0.1) is 6.92 Å². The van der Waals surface area contributed by atoms with Crippen molar-refractivity contribution < 1.29 is 5.11 Å². The summed E-state index contributed by atoms with van der Waals surface area (Å²) >= 11 is 0. The second-order valence-electron chi connectivity index (χ2n) is 6.22. The highest BCUT2D eigenvalue weighted by molar-refractivity contribution is 5.87. The van der Waals surface area contributed by atoms with Crippen LogP contribution in [0.1, 0.15) is 30.7 Å². The van der Waals surface area contributed by atoms with Crippen LogP contribution >= 0.6 is 0 Å². The van der Waals surface area contributed by atoms with Crippen molar-refractivity contribution in [1.29, 1.82) is 0 Å². The third kappa shape index (κ3) is 2.29. The Morgan fingerprint density at radius 1 is 1.04 bits per heavy atom. The van der Waals surface area contributed by atoms with Crippen molar-refractivity contribution in [3.05, 3.63) is 72.1 Å². The smallest absolute Gasteiger partial charge is 0.140 e. The molecule has 0 amide bonds. The van der Waals surface area contributed by atoms with Gasteiger partial charge in [0.25, 0.3) is 0 Å². The van der Waals surface area contributed by atoms with Gasteiger partial charge < -0.3 is 9.51 Å². The lowest BCUT2D eigenvalue weighted by atomic mass is 10.0. The first kappa shape index (κ1) is 14.9. The number of aliphatic hydroxyl groups is 1. The molecular weight excluding hydrogens is 296 g/mol. The Hall–Kier alpha value is -2.65. The van der Waals surface area contributed by atoms with Gasteiger partial charge in [-0.15, -0.1) is 0 Å². The molecule has 2 heterocycles. The largest absolute Gasteiger partial charge is 0.387 e. The lowest BCUT2D eigenvalue weighted by Crippen LogP contribution is -2.02. The number of aryl methyl sites for hydroxylation is 1. The van der Waals surface area contributed by atoms with E-state index >= 15 is 0 Å². The summed E-state index contributed by atoms with van der Waals surface area (Å²) in [6, 6.07) is 18.7. The first-order chi connectivity index (χ1) is 11.7. The van der Waals surface area contributed by atoms with E-state index in [2.05, 4.69) is 43.3 Å².